The SMILES string of the molecule is CCCCCCCOCc1cc(CNCCC)no1. The van der Waals surface area contributed by atoms with E-state index in [1.54, 1.807) is 0 Å². The van der Waals surface area contributed by atoms with Gasteiger partial charge in [-0.3, -0.25) is 0 Å². The van der Waals surface area contributed by atoms with Crippen LogP contribution in [0.1, 0.15) is 63.8 Å². The van der Waals surface area contributed by atoms with Crippen molar-refractivity contribution in [1.82, 2.24) is 10.5 Å². The van der Waals surface area contributed by atoms with Gasteiger partial charge in [-0.25, -0.2) is 0 Å². The first-order valence-corrected chi connectivity index (χ1v) is 7.59. The fraction of sp³-hybridized carbons (Fsp3) is 0.800. The molecule has 1 N–H and O–H groups in total. The smallest absolute Gasteiger partial charge is 0.162 e. The largest absolute Gasteiger partial charge is 0.373 e. The average Bonchev–Trinajstić information content (AvgIpc) is 2.86. The lowest BCUT2D eigenvalue weighted by Gasteiger charge is -2.01. The zero-order valence-electron chi connectivity index (χ0n) is 12.4. The summed E-state index contributed by atoms with van der Waals surface area (Å²) in [6, 6.07) is 1.97. The fourth-order valence-electron chi connectivity index (χ4n) is 1.88. The van der Waals surface area contributed by atoms with Crippen LogP contribution in [0.25, 0.3) is 0 Å². The number of unbranched alkanes of at least 4 members (excludes halogenated alkanes) is 4. The van der Waals surface area contributed by atoms with Crippen molar-refractivity contribution in [1.29, 1.82) is 0 Å². The first-order valence-electron chi connectivity index (χ1n) is 7.59. The van der Waals surface area contributed by atoms with Gasteiger partial charge in [-0.15, -0.1) is 0 Å². The van der Waals surface area contributed by atoms with Crippen molar-refractivity contribution in [2.75, 3.05) is 13.2 Å². The average molecular weight is 268 g/mol. The van der Waals surface area contributed by atoms with Gasteiger partial charge in [0, 0.05) is 19.2 Å². The number of nitrogens with one attached hydrogen (secondary N) is 1. The molecule has 4 heteroatoms. The molecule has 0 saturated heterocycles. The van der Waals surface area contributed by atoms with E-state index in [4.69, 9.17) is 9.26 Å². The topological polar surface area (TPSA) is 47.3 Å². The van der Waals surface area contributed by atoms with Gasteiger partial charge in [-0.2, -0.15) is 0 Å². The highest BCUT2D eigenvalue weighted by molar-refractivity contribution is 5.04. The van der Waals surface area contributed by atoms with Crippen LogP contribution in [0.5, 0.6) is 0 Å². The monoisotopic (exact) mass is 268 g/mol. The van der Waals surface area contributed by atoms with Crippen LogP contribution in [-0.2, 0) is 17.9 Å². The van der Waals surface area contributed by atoms with E-state index in [2.05, 4.69) is 24.3 Å². The molecule has 0 bridgehead atoms. The summed E-state index contributed by atoms with van der Waals surface area (Å²) in [6.07, 6.45) is 7.46. The van der Waals surface area contributed by atoms with Gasteiger partial charge in [0.25, 0.3) is 0 Å². The van der Waals surface area contributed by atoms with E-state index in [0.29, 0.717) is 6.61 Å². The zero-order valence-corrected chi connectivity index (χ0v) is 12.4. The molecule has 0 aliphatic rings. The van der Waals surface area contributed by atoms with Crippen molar-refractivity contribution >= 4 is 0 Å². The summed E-state index contributed by atoms with van der Waals surface area (Å²) in [4.78, 5) is 0. The molecule has 0 fully saturated rings. The van der Waals surface area contributed by atoms with Crippen molar-refractivity contribution in [3.05, 3.63) is 17.5 Å². The Morgan fingerprint density at radius 1 is 1.16 bits per heavy atom. The Bertz CT molecular complexity index is 313. The van der Waals surface area contributed by atoms with E-state index >= 15 is 0 Å². The molecule has 0 aliphatic heterocycles. The van der Waals surface area contributed by atoms with Crippen LogP contribution in [-0.4, -0.2) is 18.3 Å². The van der Waals surface area contributed by atoms with Gasteiger partial charge in [0.2, 0.25) is 0 Å². The lowest BCUT2D eigenvalue weighted by Crippen LogP contribution is -2.13. The highest BCUT2D eigenvalue weighted by Crippen LogP contribution is 2.07. The molecular weight excluding hydrogens is 240 g/mol. The van der Waals surface area contributed by atoms with Gasteiger partial charge in [0.05, 0.1) is 5.69 Å². The maximum atomic E-state index is 5.58. The Morgan fingerprint density at radius 3 is 2.79 bits per heavy atom. The predicted octanol–water partition coefficient (Wildman–Crippen LogP) is 3.66. The molecule has 1 aromatic rings. The maximum absolute atomic E-state index is 5.58. The molecule has 0 unspecified atom stereocenters. The highest BCUT2D eigenvalue weighted by atomic mass is 16.5. The number of hydrogen-bond acceptors (Lipinski definition) is 4. The molecule has 0 amide bonds. The summed E-state index contributed by atoms with van der Waals surface area (Å²) < 4.78 is 10.8. The van der Waals surface area contributed by atoms with Crippen LogP contribution in [0, 0.1) is 0 Å². The molecule has 19 heavy (non-hydrogen) atoms. The Morgan fingerprint density at radius 2 is 2.00 bits per heavy atom. The minimum atomic E-state index is 0.536. The van der Waals surface area contributed by atoms with Crippen molar-refractivity contribution in [2.24, 2.45) is 0 Å². The third kappa shape index (κ3) is 8.01. The minimum Gasteiger partial charge on any atom is -0.373 e. The highest BCUT2D eigenvalue weighted by Gasteiger charge is 2.03. The summed E-state index contributed by atoms with van der Waals surface area (Å²) in [5, 5.41) is 7.31. The van der Waals surface area contributed by atoms with Gasteiger partial charge in [-0.1, -0.05) is 44.7 Å². The van der Waals surface area contributed by atoms with Crippen LogP contribution in [0.3, 0.4) is 0 Å². The summed E-state index contributed by atoms with van der Waals surface area (Å²) in [6.45, 7) is 7.51. The van der Waals surface area contributed by atoms with Gasteiger partial charge < -0.3 is 14.6 Å². The lowest BCUT2D eigenvalue weighted by atomic mass is 10.2. The first-order chi connectivity index (χ1) is 9.36. The number of aromatic nitrogens is 1. The molecule has 4 nitrogen and oxygen atoms in total. The van der Waals surface area contributed by atoms with Crippen LogP contribution in [0.4, 0.5) is 0 Å². The van der Waals surface area contributed by atoms with E-state index < -0.39 is 0 Å². The zero-order chi connectivity index (χ0) is 13.8. The van der Waals surface area contributed by atoms with Crippen molar-refractivity contribution in [2.45, 2.75) is 65.5 Å². The third-order valence-electron chi connectivity index (χ3n) is 2.98. The molecule has 110 valence electrons. The van der Waals surface area contributed by atoms with Gasteiger partial charge in [-0.05, 0) is 19.4 Å². The normalized spacial score (nSPS) is 11.1. The second kappa shape index (κ2) is 11.0. The fourth-order valence-corrected chi connectivity index (χ4v) is 1.88. The summed E-state index contributed by atoms with van der Waals surface area (Å²) in [7, 11) is 0. The number of nitrogens with zero attached hydrogens (tertiary/aromatic N) is 1. The standard InChI is InChI=1S/C15H28N2O2/c1-3-5-6-7-8-10-18-13-15-11-14(17-19-15)12-16-9-4-2/h11,16H,3-10,12-13H2,1-2H3. The lowest BCUT2D eigenvalue weighted by molar-refractivity contribution is 0.0975. The maximum Gasteiger partial charge on any atom is 0.162 e. The van der Waals surface area contributed by atoms with E-state index in [1.165, 1.54) is 25.7 Å². The van der Waals surface area contributed by atoms with Crippen molar-refractivity contribution < 1.29 is 9.26 Å². The van der Waals surface area contributed by atoms with E-state index in [1.807, 2.05) is 6.07 Å². The number of hydrogen-bond donors (Lipinski definition) is 1. The van der Waals surface area contributed by atoms with Crippen LogP contribution in [0.2, 0.25) is 0 Å². The molecule has 0 radical (unpaired) electrons. The molecule has 0 aromatic carbocycles. The second-order valence-electron chi connectivity index (χ2n) is 4.93. The van der Waals surface area contributed by atoms with E-state index in [-0.39, 0.29) is 0 Å². The first kappa shape index (κ1) is 16.2. The molecule has 0 spiro atoms. The van der Waals surface area contributed by atoms with Gasteiger partial charge >= 0.3 is 0 Å². The molecule has 0 aliphatic carbocycles. The predicted molar refractivity (Wildman–Crippen MR) is 76.9 cm³/mol. The van der Waals surface area contributed by atoms with Crippen LogP contribution in [0.15, 0.2) is 10.6 Å². The van der Waals surface area contributed by atoms with E-state index in [0.717, 1.165) is 44.0 Å². The van der Waals surface area contributed by atoms with Crippen molar-refractivity contribution in [3.63, 3.8) is 0 Å². The van der Waals surface area contributed by atoms with Crippen LogP contribution >= 0.6 is 0 Å². The molecule has 1 heterocycles. The summed E-state index contributed by atoms with van der Waals surface area (Å²) in [5.41, 5.74) is 0.954. The summed E-state index contributed by atoms with van der Waals surface area (Å²) in [5.74, 6) is 0.821. The Labute approximate surface area is 116 Å². The molecule has 0 atom stereocenters. The Kier molecular flexibility index (Phi) is 9.37. The van der Waals surface area contributed by atoms with Gasteiger partial charge in [0.15, 0.2) is 5.76 Å². The third-order valence-corrected chi connectivity index (χ3v) is 2.98. The molecule has 0 saturated carbocycles. The Balaban J connectivity index is 2.03. The molecule has 1 rings (SSSR count). The van der Waals surface area contributed by atoms with Crippen molar-refractivity contribution in [3.8, 4) is 0 Å². The number of rotatable bonds is 12. The van der Waals surface area contributed by atoms with E-state index in [9.17, 15) is 0 Å². The molecule has 1 aromatic heterocycles. The Hall–Kier alpha value is -0.870. The quantitative estimate of drug-likeness (QED) is 0.588. The van der Waals surface area contributed by atoms with Crippen LogP contribution < -0.4 is 5.32 Å². The summed E-state index contributed by atoms with van der Waals surface area (Å²) >= 11 is 0. The minimum absolute atomic E-state index is 0.536. The molecular formula is C15H28N2O2. The number of ether oxygens (including phenoxy) is 1. The van der Waals surface area contributed by atoms with Gasteiger partial charge in [0.1, 0.15) is 6.61 Å². The second-order valence-corrected chi connectivity index (χ2v) is 4.93.